The van der Waals surface area contributed by atoms with Crippen molar-refractivity contribution in [2.24, 2.45) is 0 Å². The first kappa shape index (κ1) is 18.5. The number of halogens is 3. The molecule has 1 aromatic carbocycles. The van der Waals surface area contributed by atoms with E-state index < -0.39 is 18.9 Å². The fourth-order valence-electron chi connectivity index (χ4n) is 3.26. The Morgan fingerprint density at radius 2 is 1.93 bits per heavy atom. The van der Waals surface area contributed by atoms with E-state index >= 15 is 0 Å². The number of H-pyrrole nitrogens is 1. The number of benzene rings is 1. The van der Waals surface area contributed by atoms with E-state index in [0.29, 0.717) is 5.39 Å². The average molecular weight is 393 g/mol. The molecule has 1 aliphatic rings. The summed E-state index contributed by atoms with van der Waals surface area (Å²) in [5.41, 5.74) is 2.83. The Kier molecular flexibility index (Phi) is 4.37. The van der Waals surface area contributed by atoms with Gasteiger partial charge in [0.15, 0.2) is 5.65 Å². The predicted molar refractivity (Wildman–Crippen MR) is 97.0 cm³/mol. The summed E-state index contributed by atoms with van der Waals surface area (Å²) in [5.74, 6) is 0.274. The molecule has 0 amide bonds. The monoisotopic (exact) mass is 393 g/mol. The average Bonchev–Trinajstić information content (AvgIpc) is 2.96. The minimum absolute atomic E-state index is 0.224. The van der Waals surface area contributed by atoms with E-state index in [2.05, 4.69) is 15.1 Å². The van der Waals surface area contributed by atoms with Gasteiger partial charge in [0.1, 0.15) is 12.0 Å². The smallest absolute Gasteiger partial charge is 0.365 e. The number of para-hydroxylation sites is 1. The Bertz CT molecular complexity index is 1060. The van der Waals surface area contributed by atoms with Gasteiger partial charge in [0.05, 0.1) is 11.8 Å². The normalized spacial score (nSPS) is 15.2. The Morgan fingerprint density at radius 1 is 1.25 bits per heavy atom. The third kappa shape index (κ3) is 3.47. The molecule has 3 heterocycles. The number of aromatic nitrogens is 4. The fraction of sp³-hybridized carbons (Fsp3) is 0.389. The highest BCUT2D eigenvalue weighted by Gasteiger charge is 2.35. The van der Waals surface area contributed by atoms with Gasteiger partial charge in [-0.05, 0) is 25.0 Å². The third-order valence-corrected chi connectivity index (χ3v) is 4.68. The van der Waals surface area contributed by atoms with E-state index in [-0.39, 0.29) is 30.2 Å². The molecule has 2 aromatic heterocycles. The van der Waals surface area contributed by atoms with Crippen molar-refractivity contribution in [1.82, 2.24) is 19.7 Å². The molecule has 148 valence electrons. The first-order valence-corrected chi connectivity index (χ1v) is 8.71. The lowest BCUT2D eigenvalue weighted by Gasteiger charge is -2.39. The standard InChI is InChI=1S/C18H18F3N5O2/c1-10-4-3-5-11(2)14(10)26-8-13-15(24-26)22-17(23-16(13)27)25-6-12(7-25)28-9-18(19,20)21/h3-5,8,12H,6-7,9H2,1-2H3,(H,22,23,24,27). The van der Waals surface area contributed by atoms with E-state index in [1.807, 2.05) is 32.0 Å². The van der Waals surface area contributed by atoms with E-state index in [4.69, 9.17) is 4.74 Å². The number of ether oxygens (including phenoxy) is 1. The van der Waals surface area contributed by atoms with Gasteiger partial charge in [0, 0.05) is 19.3 Å². The molecule has 0 unspecified atom stereocenters. The molecule has 0 aliphatic carbocycles. The van der Waals surface area contributed by atoms with Crippen molar-refractivity contribution < 1.29 is 17.9 Å². The lowest BCUT2D eigenvalue weighted by atomic mass is 10.1. The summed E-state index contributed by atoms with van der Waals surface area (Å²) in [4.78, 5) is 21.1. The van der Waals surface area contributed by atoms with Crippen LogP contribution in [0.4, 0.5) is 19.1 Å². The van der Waals surface area contributed by atoms with E-state index in [9.17, 15) is 18.0 Å². The summed E-state index contributed by atoms with van der Waals surface area (Å²) in [6, 6.07) is 5.86. The molecule has 0 saturated carbocycles. The number of aryl methyl sites for hydroxylation is 2. The molecule has 0 bridgehead atoms. The van der Waals surface area contributed by atoms with Gasteiger partial charge in [-0.15, -0.1) is 5.10 Å². The van der Waals surface area contributed by atoms with Gasteiger partial charge < -0.3 is 9.64 Å². The highest BCUT2D eigenvalue weighted by atomic mass is 19.4. The topological polar surface area (TPSA) is 76.0 Å². The molecule has 0 atom stereocenters. The molecule has 1 fully saturated rings. The Balaban J connectivity index is 1.58. The largest absolute Gasteiger partial charge is 0.411 e. The number of alkyl halides is 3. The maximum absolute atomic E-state index is 12.4. The second-order valence-electron chi connectivity index (χ2n) is 6.89. The van der Waals surface area contributed by atoms with Crippen LogP contribution >= 0.6 is 0 Å². The second-order valence-corrected chi connectivity index (χ2v) is 6.89. The summed E-state index contributed by atoms with van der Waals surface area (Å²) in [6.45, 7) is 3.08. The number of hydrogen-bond donors (Lipinski definition) is 1. The molecule has 0 spiro atoms. The number of rotatable bonds is 4. The van der Waals surface area contributed by atoms with Crippen LogP contribution < -0.4 is 10.5 Å². The molecule has 1 aliphatic heterocycles. The maximum atomic E-state index is 12.4. The van der Waals surface area contributed by atoms with Crippen LogP contribution in [0.1, 0.15) is 11.1 Å². The van der Waals surface area contributed by atoms with Crippen LogP contribution in [0.25, 0.3) is 16.7 Å². The van der Waals surface area contributed by atoms with Crippen molar-refractivity contribution in [2.75, 3.05) is 24.6 Å². The van der Waals surface area contributed by atoms with Crippen molar-refractivity contribution in [3.05, 3.63) is 45.9 Å². The van der Waals surface area contributed by atoms with Gasteiger partial charge in [-0.1, -0.05) is 18.2 Å². The van der Waals surface area contributed by atoms with Crippen molar-refractivity contribution in [3.63, 3.8) is 0 Å². The van der Waals surface area contributed by atoms with Crippen LogP contribution in [0, 0.1) is 13.8 Å². The van der Waals surface area contributed by atoms with Crippen LogP contribution in [-0.4, -0.2) is 51.7 Å². The molecular formula is C18H18F3N5O2. The van der Waals surface area contributed by atoms with Crippen molar-refractivity contribution in [3.8, 4) is 5.69 Å². The first-order valence-electron chi connectivity index (χ1n) is 8.71. The minimum Gasteiger partial charge on any atom is -0.365 e. The van der Waals surface area contributed by atoms with E-state index in [1.165, 1.54) is 0 Å². The lowest BCUT2D eigenvalue weighted by molar-refractivity contribution is -0.187. The van der Waals surface area contributed by atoms with Gasteiger partial charge in [-0.2, -0.15) is 18.2 Å². The zero-order valence-corrected chi connectivity index (χ0v) is 15.2. The quantitative estimate of drug-likeness (QED) is 0.737. The second kappa shape index (κ2) is 6.62. The zero-order chi connectivity index (χ0) is 20.1. The molecule has 4 rings (SSSR count). The summed E-state index contributed by atoms with van der Waals surface area (Å²) in [6.07, 6.45) is -3.27. The number of nitrogens with zero attached hydrogens (tertiary/aromatic N) is 4. The summed E-state index contributed by atoms with van der Waals surface area (Å²) >= 11 is 0. The van der Waals surface area contributed by atoms with Gasteiger partial charge in [0.25, 0.3) is 5.56 Å². The molecule has 28 heavy (non-hydrogen) atoms. The third-order valence-electron chi connectivity index (χ3n) is 4.68. The van der Waals surface area contributed by atoms with Crippen molar-refractivity contribution >= 4 is 17.0 Å². The molecule has 1 saturated heterocycles. The Hall–Kier alpha value is -2.88. The zero-order valence-electron chi connectivity index (χ0n) is 15.2. The van der Waals surface area contributed by atoms with Crippen LogP contribution in [0.3, 0.4) is 0 Å². The van der Waals surface area contributed by atoms with Crippen LogP contribution in [-0.2, 0) is 4.74 Å². The number of fused-ring (bicyclic) bond motifs is 1. The van der Waals surface area contributed by atoms with Gasteiger partial charge >= 0.3 is 6.18 Å². The Labute approximate surface area is 157 Å². The molecule has 1 N–H and O–H groups in total. The number of nitrogens with one attached hydrogen (secondary N) is 1. The predicted octanol–water partition coefficient (Wildman–Crippen LogP) is 2.49. The van der Waals surface area contributed by atoms with Crippen LogP contribution in [0.15, 0.2) is 29.2 Å². The highest BCUT2D eigenvalue weighted by Crippen LogP contribution is 2.23. The van der Waals surface area contributed by atoms with Crippen molar-refractivity contribution in [1.29, 1.82) is 0 Å². The highest BCUT2D eigenvalue weighted by molar-refractivity contribution is 5.75. The fourth-order valence-corrected chi connectivity index (χ4v) is 3.26. The van der Waals surface area contributed by atoms with Gasteiger partial charge in [0.2, 0.25) is 5.95 Å². The number of hydrogen-bond acceptors (Lipinski definition) is 5. The molecule has 3 aromatic rings. The van der Waals surface area contributed by atoms with Crippen molar-refractivity contribution in [2.45, 2.75) is 26.1 Å². The van der Waals surface area contributed by atoms with Crippen LogP contribution in [0.2, 0.25) is 0 Å². The van der Waals surface area contributed by atoms with Gasteiger partial charge in [-0.3, -0.25) is 9.78 Å². The molecule has 10 heteroatoms. The SMILES string of the molecule is Cc1cccc(C)c1-n1cc2c(=O)[nH]c(N3CC(OCC(F)(F)F)C3)nc2n1. The summed E-state index contributed by atoms with van der Waals surface area (Å²) in [7, 11) is 0. The van der Waals surface area contributed by atoms with E-state index in [1.54, 1.807) is 15.8 Å². The summed E-state index contributed by atoms with van der Waals surface area (Å²) in [5, 5.41) is 4.78. The first-order chi connectivity index (χ1) is 13.2. The Morgan fingerprint density at radius 3 is 2.57 bits per heavy atom. The number of aromatic amines is 1. The molecule has 0 radical (unpaired) electrons. The minimum atomic E-state index is -4.35. The lowest BCUT2D eigenvalue weighted by Crippen LogP contribution is -2.54. The maximum Gasteiger partial charge on any atom is 0.411 e. The van der Waals surface area contributed by atoms with Crippen LogP contribution in [0.5, 0.6) is 0 Å². The molecular weight excluding hydrogens is 375 g/mol. The number of anilines is 1. The van der Waals surface area contributed by atoms with Gasteiger partial charge in [-0.25, -0.2) is 4.68 Å². The molecule has 7 nitrogen and oxygen atoms in total. The summed E-state index contributed by atoms with van der Waals surface area (Å²) < 4.78 is 43.1. The van der Waals surface area contributed by atoms with E-state index in [0.717, 1.165) is 16.8 Å².